The van der Waals surface area contributed by atoms with Gasteiger partial charge in [0.15, 0.2) is 0 Å². The zero-order valence-corrected chi connectivity index (χ0v) is 14.8. The van der Waals surface area contributed by atoms with E-state index in [2.05, 4.69) is 16.1 Å². The molecule has 0 bridgehead atoms. The van der Waals surface area contributed by atoms with Crippen molar-refractivity contribution in [1.29, 1.82) is 0 Å². The average molecular weight is 368 g/mol. The Morgan fingerprint density at radius 2 is 1.67 bits per heavy atom. The normalized spacial score (nSPS) is 15.5. The maximum Gasteiger partial charge on any atom is 0.132 e. The fourth-order valence-electron chi connectivity index (χ4n) is 2.60. The first kappa shape index (κ1) is 18.7. The van der Waals surface area contributed by atoms with E-state index in [1.165, 1.54) is 6.07 Å². The molecular formula is C18H20Cl2FN3. The Bertz CT molecular complexity index is 685. The van der Waals surface area contributed by atoms with Crippen molar-refractivity contribution in [2.45, 2.75) is 6.54 Å². The van der Waals surface area contributed by atoms with Gasteiger partial charge in [-0.2, -0.15) is 5.10 Å². The molecule has 3 rings (SSSR count). The molecule has 24 heavy (non-hydrogen) atoms. The van der Waals surface area contributed by atoms with E-state index in [0.29, 0.717) is 5.56 Å². The minimum absolute atomic E-state index is 0. The van der Waals surface area contributed by atoms with E-state index in [4.69, 9.17) is 11.6 Å². The van der Waals surface area contributed by atoms with Crippen molar-refractivity contribution >= 4 is 30.2 Å². The summed E-state index contributed by atoms with van der Waals surface area (Å²) >= 11 is 6.21. The Hall–Kier alpha value is -1.62. The van der Waals surface area contributed by atoms with Crippen molar-refractivity contribution < 1.29 is 4.39 Å². The zero-order chi connectivity index (χ0) is 16.1. The van der Waals surface area contributed by atoms with Gasteiger partial charge in [0.1, 0.15) is 5.82 Å². The van der Waals surface area contributed by atoms with Gasteiger partial charge in [0.25, 0.3) is 0 Å². The second kappa shape index (κ2) is 9.02. The summed E-state index contributed by atoms with van der Waals surface area (Å²) in [5.74, 6) is -0.242. The van der Waals surface area contributed by atoms with Crippen LogP contribution >= 0.6 is 24.0 Å². The van der Waals surface area contributed by atoms with Crippen LogP contribution in [0.25, 0.3) is 0 Å². The Labute approximate surface area is 153 Å². The summed E-state index contributed by atoms with van der Waals surface area (Å²) in [5, 5.41) is 7.18. The maximum atomic E-state index is 13.6. The molecule has 6 heteroatoms. The summed E-state index contributed by atoms with van der Waals surface area (Å²) in [5.41, 5.74) is 1.67. The SMILES string of the molecule is Cl.Fc1ccccc1/C=N/N1CCN(Cc2ccccc2Cl)CC1. The molecule has 1 fully saturated rings. The van der Waals surface area contributed by atoms with Gasteiger partial charge in [0.2, 0.25) is 0 Å². The highest BCUT2D eigenvalue weighted by Crippen LogP contribution is 2.18. The number of halogens is 3. The highest BCUT2D eigenvalue weighted by atomic mass is 35.5. The molecule has 0 atom stereocenters. The van der Waals surface area contributed by atoms with E-state index in [-0.39, 0.29) is 18.2 Å². The first-order valence-electron chi connectivity index (χ1n) is 7.71. The van der Waals surface area contributed by atoms with Crippen LogP contribution in [-0.4, -0.2) is 42.3 Å². The predicted octanol–water partition coefficient (Wildman–Crippen LogP) is 4.05. The summed E-state index contributed by atoms with van der Waals surface area (Å²) < 4.78 is 13.6. The van der Waals surface area contributed by atoms with Crippen molar-refractivity contribution in [3.8, 4) is 0 Å². The molecule has 1 aliphatic rings. The lowest BCUT2D eigenvalue weighted by molar-refractivity contribution is 0.131. The molecule has 0 aliphatic carbocycles. The van der Waals surface area contributed by atoms with Crippen molar-refractivity contribution in [2.75, 3.05) is 26.2 Å². The number of nitrogens with zero attached hydrogens (tertiary/aromatic N) is 3. The van der Waals surface area contributed by atoms with Gasteiger partial charge in [-0.25, -0.2) is 4.39 Å². The molecule has 128 valence electrons. The molecule has 0 N–H and O–H groups in total. The second-order valence-electron chi connectivity index (χ2n) is 5.59. The van der Waals surface area contributed by atoms with E-state index in [0.717, 1.165) is 43.3 Å². The van der Waals surface area contributed by atoms with Crippen LogP contribution in [0.2, 0.25) is 5.02 Å². The van der Waals surface area contributed by atoms with Crippen molar-refractivity contribution in [2.24, 2.45) is 5.10 Å². The minimum Gasteiger partial charge on any atom is -0.295 e. The molecular weight excluding hydrogens is 348 g/mol. The van der Waals surface area contributed by atoms with Gasteiger partial charge in [-0.3, -0.25) is 9.91 Å². The number of rotatable bonds is 4. The molecule has 0 unspecified atom stereocenters. The molecule has 0 aromatic heterocycles. The number of piperazine rings is 1. The Kier molecular flexibility index (Phi) is 7.03. The van der Waals surface area contributed by atoms with E-state index in [1.807, 2.05) is 29.3 Å². The molecule has 0 saturated carbocycles. The standard InChI is InChI=1S/C18H19ClFN3.ClH/c19-17-7-3-1-6-16(17)14-22-9-11-23(12-10-22)21-13-15-5-2-4-8-18(15)20;/h1-8,13H,9-12,14H2;1H/b21-13+;. The van der Waals surface area contributed by atoms with Gasteiger partial charge in [-0.05, 0) is 17.7 Å². The summed E-state index contributed by atoms with van der Waals surface area (Å²) in [6.07, 6.45) is 1.60. The summed E-state index contributed by atoms with van der Waals surface area (Å²) in [6.45, 7) is 4.34. The van der Waals surface area contributed by atoms with E-state index in [9.17, 15) is 4.39 Å². The molecule has 3 nitrogen and oxygen atoms in total. The monoisotopic (exact) mass is 367 g/mol. The number of hydrogen-bond acceptors (Lipinski definition) is 3. The van der Waals surface area contributed by atoms with Crippen LogP contribution in [0.5, 0.6) is 0 Å². The first-order valence-corrected chi connectivity index (χ1v) is 8.09. The molecule has 0 radical (unpaired) electrons. The summed E-state index contributed by atoms with van der Waals surface area (Å²) in [4.78, 5) is 2.36. The Balaban J connectivity index is 0.00000208. The van der Waals surface area contributed by atoms with Crippen LogP contribution in [-0.2, 0) is 6.54 Å². The first-order chi connectivity index (χ1) is 11.2. The quantitative estimate of drug-likeness (QED) is 0.759. The van der Waals surface area contributed by atoms with Crippen LogP contribution < -0.4 is 0 Å². The van der Waals surface area contributed by atoms with Crippen LogP contribution in [0.3, 0.4) is 0 Å². The number of hydrogen-bond donors (Lipinski definition) is 0. The second-order valence-corrected chi connectivity index (χ2v) is 5.99. The lowest BCUT2D eigenvalue weighted by Gasteiger charge is -2.33. The molecule has 2 aromatic carbocycles. The number of hydrazone groups is 1. The lowest BCUT2D eigenvalue weighted by Crippen LogP contribution is -2.43. The topological polar surface area (TPSA) is 18.8 Å². The van der Waals surface area contributed by atoms with E-state index in [1.54, 1.807) is 18.3 Å². The molecule has 2 aromatic rings. The van der Waals surface area contributed by atoms with Crippen LogP contribution in [0.1, 0.15) is 11.1 Å². The van der Waals surface area contributed by atoms with Crippen LogP contribution in [0.4, 0.5) is 4.39 Å². The van der Waals surface area contributed by atoms with Crippen LogP contribution in [0, 0.1) is 5.82 Å². The van der Waals surface area contributed by atoms with Crippen molar-refractivity contribution in [3.05, 3.63) is 70.5 Å². The molecule has 1 aliphatic heterocycles. The number of benzene rings is 2. The third-order valence-electron chi connectivity index (χ3n) is 3.97. The van der Waals surface area contributed by atoms with E-state index >= 15 is 0 Å². The van der Waals surface area contributed by atoms with Crippen molar-refractivity contribution in [1.82, 2.24) is 9.91 Å². The Morgan fingerprint density at radius 1 is 1.00 bits per heavy atom. The maximum absolute atomic E-state index is 13.6. The minimum atomic E-state index is -0.242. The fourth-order valence-corrected chi connectivity index (χ4v) is 2.80. The van der Waals surface area contributed by atoms with Gasteiger partial charge < -0.3 is 0 Å². The average Bonchev–Trinajstić information content (AvgIpc) is 2.57. The largest absolute Gasteiger partial charge is 0.295 e. The molecule has 1 heterocycles. The van der Waals surface area contributed by atoms with Crippen LogP contribution in [0.15, 0.2) is 53.6 Å². The van der Waals surface area contributed by atoms with E-state index < -0.39 is 0 Å². The Morgan fingerprint density at radius 3 is 2.38 bits per heavy atom. The van der Waals surface area contributed by atoms with Gasteiger partial charge in [-0.1, -0.05) is 48.0 Å². The zero-order valence-electron chi connectivity index (χ0n) is 13.2. The van der Waals surface area contributed by atoms with Gasteiger partial charge in [0, 0.05) is 43.3 Å². The smallest absolute Gasteiger partial charge is 0.132 e. The highest BCUT2D eigenvalue weighted by molar-refractivity contribution is 6.31. The third-order valence-corrected chi connectivity index (χ3v) is 4.33. The van der Waals surface area contributed by atoms with Gasteiger partial charge >= 0.3 is 0 Å². The fraction of sp³-hybridized carbons (Fsp3) is 0.278. The third kappa shape index (κ3) is 4.94. The van der Waals surface area contributed by atoms with Crippen molar-refractivity contribution in [3.63, 3.8) is 0 Å². The molecule has 0 spiro atoms. The summed E-state index contributed by atoms with van der Waals surface area (Å²) in [6, 6.07) is 14.6. The predicted molar refractivity (Wildman–Crippen MR) is 99.5 cm³/mol. The molecule has 1 saturated heterocycles. The van der Waals surface area contributed by atoms with Gasteiger partial charge in [-0.15, -0.1) is 12.4 Å². The lowest BCUT2D eigenvalue weighted by atomic mass is 10.2. The van der Waals surface area contributed by atoms with Gasteiger partial charge in [0.05, 0.1) is 6.21 Å². The summed E-state index contributed by atoms with van der Waals surface area (Å²) in [7, 11) is 0. The highest BCUT2D eigenvalue weighted by Gasteiger charge is 2.16. The molecule has 0 amide bonds.